The standard InChI is InChI=1S/C16H15FN2O2/c17-14-5-10(7-18)1-4-15(14)19-16(20)11-2-3-12-8-21-9-13(12)6-11/h1-6H,7-9,18H2,(H,19,20). The van der Waals surface area contributed by atoms with Crippen LogP contribution >= 0.6 is 0 Å². The Labute approximate surface area is 121 Å². The minimum atomic E-state index is -0.490. The number of nitrogens with two attached hydrogens (primary N) is 1. The summed E-state index contributed by atoms with van der Waals surface area (Å²) in [6.07, 6.45) is 0. The Morgan fingerprint density at radius 2 is 2.00 bits per heavy atom. The maximum atomic E-state index is 13.8. The molecule has 0 unspecified atom stereocenters. The summed E-state index contributed by atoms with van der Waals surface area (Å²) >= 11 is 0. The number of carbonyl (C=O) groups is 1. The third-order valence-electron chi connectivity index (χ3n) is 3.50. The molecule has 2 aromatic rings. The predicted octanol–water partition coefficient (Wildman–Crippen LogP) is 2.57. The Balaban J connectivity index is 1.80. The van der Waals surface area contributed by atoms with Gasteiger partial charge in [-0.1, -0.05) is 12.1 Å². The molecule has 0 fully saturated rings. The maximum absolute atomic E-state index is 13.8. The minimum Gasteiger partial charge on any atom is -0.372 e. The topological polar surface area (TPSA) is 64.3 Å². The van der Waals surface area contributed by atoms with Gasteiger partial charge in [0.25, 0.3) is 5.91 Å². The van der Waals surface area contributed by atoms with Crippen LogP contribution in [0.3, 0.4) is 0 Å². The van der Waals surface area contributed by atoms with E-state index in [1.165, 1.54) is 12.1 Å². The molecule has 4 nitrogen and oxygen atoms in total. The highest BCUT2D eigenvalue weighted by atomic mass is 19.1. The number of hydrogen-bond donors (Lipinski definition) is 2. The molecule has 0 saturated heterocycles. The van der Waals surface area contributed by atoms with Crippen molar-refractivity contribution in [1.82, 2.24) is 0 Å². The van der Waals surface area contributed by atoms with Crippen molar-refractivity contribution in [3.63, 3.8) is 0 Å². The Hall–Kier alpha value is -2.24. The summed E-state index contributed by atoms with van der Waals surface area (Å²) in [4.78, 5) is 12.2. The fourth-order valence-electron chi connectivity index (χ4n) is 2.29. The Morgan fingerprint density at radius 3 is 2.76 bits per heavy atom. The maximum Gasteiger partial charge on any atom is 0.255 e. The Kier molecular flexibility index (Phi) is 3.68. The second-order valence-electron chi connectivity index (χ2n) is 4.95. The van der Waals surface area contributed by atoms with Crippen LogP contribution in [0.1, 0.15) is 27.0 Å². The number of nitrogens with one attached hydrogen (secondary N) is 1. The van der Waals surface area contributed by atoms with Crippen molar-refractivity contribution in [3.8, 4) is 0 Å². The third-order valence-corrected chi connectivity index (χ3v) is 3.50. The molecule has 0 saturated carbocycles. The van der Waals surface area contributed by atoms with Gasteiger partial charge >= 0.3 is 0 Å². The van der Waals surface area contributed by atoms with E-state index in [4.69, 9.17) is 10.5 Å². The van der Waals surface area contributed by atoms with Gasteiger partial charge in [0.05, 0.1) is 18.9 Å². The van der Waals surface area contributed by atoms with Crippen LogP contribution < -0.4 is 11.1 Å². The van der Waals surface area contributed by atoms with Gasteiger partial charge in [0.1, 0.15) is 5.82 Å². The minimum absolute atomic E-state index is 0.147. The summed E-state index contributed by atoms with van der Waals surface area (Å²) < 4.78 is 19.2. The van der Waals surface area contributed by atoms with Crippen LogP contribution in [-0.2, 0) is 24.5 Å². The van der Waals surface area contributed by atoms with Crippen LogP contribution in [0.2, 0.25) is 0 Å². The number of carbonyl (C=O) groups excluding carboxylic acids is 1. The van der Waals surface area contributed by atoms with Crippen LogP contribution in [0.15, 0.2) is 36.4 Å². The summed E-state index contributed by atoms with van der Waals surface area (Å²) in [5.74, 6) is -0.833. The van der Waals surface area contributed by atoms with E-state index >= 15 is 0 Å². The SMILES string of the molecule is NCc1ccc(NC(=O)c2ccc3c(c2)COC3)c(F)c1. The van der Waals surface area contributed by atoms with Crippen LogP contribution in [-0.4, -0.2) is 5.91 Å². The molecule has 0 atom stereocenters. The molecule has 2 aromatic carbocycles. The number of amides is 1. The summed E-state index contributed by atoms with van der Waals surface area (Å²) in [5, 5.41) is 2.57. The van der Waals surface area contributed by atoms with Gasteiger partial charge in [-0.05, 0) is 41.0 Å². The normalized spacial score (nSPS) is 13.0. The lowest BCUT2D eigenvalue weighted by Gasteiger charge is -2.08. The second-order valence-corrected chi connectivity index (χ2v) is 4.95. The smallest absolute Gasteiger partial charge is 0.255 e. The van der Waals surface area contributed by atoms with Crippen LogP contribution in [0.25, 0.3) is 0 Å². The zero-order valence-electron chi connectivity index (χ0n) is 11.4. The monoisotopic (exact) mass is 286 g/mol. The number of rotatable bonds is 3. The lowest BCUT2D eigenvalue weighted by atomic mass is 10.1. The quantitative estimate of drug-likeness (QED) is 0.911. The van der Waals surface area contributed by atoms with Gasteiger partial charge < -0.3 is 15.8 Å². The molecule has 108 valence electrons. The van der Waals surface area contributed by atoms with Crippen molar-refractivity contribution < 1.29 is 13.9 Å². The van der Waals surface area contributed by atoms with Crippen molar-refractivity contribution in [1.29, 1.82) is 0 Å². The van der Waals surface area contributed by atoms with E-state index in [1.807, 2.05) is 6.07 Å². The number of hydrogen-bond acceptors (Lipinski definition) is 3. The number of anilines is 1. The molecule has 1 amide bonds. The third kappa shape index (κ3) is 2.79. The van der Waals surface area contributed by atoms with Crippen molar-refractivity contribution >= 4 is 11.6 Å². The predicted molar refractivity (Wildman–Crippen MR) is 77.2 cm³/mol. The largest absolute Gasteiger partial charge is 0.372 e. The first kappa shape index (κ1) is 13.7. The number of ether oxygens (including phenoxy) is 1. The molecule has 3 N–H and O–H groups in total. The van der Waals surface area contributed by atoms with E-state index in [9.17, 15) is 9.18 Å². The molecular weight excluding hydrogens is 271 g/mol. The lowest BCUT2D eigenvalue weighted by Crippen LogP contribution is -2.13. The summed E-state index contributed by atoms with van der Waals surface area (Å²) in [6.45, 7) is 1.35. The van der Waals surface area contributed by atoms with Gasteiger partial charge in [0, 0.05) is 12.1 Å². The summed E-state index contributed by atoms with van der Waals surface area (Å²) in [7, 11) is 0. The number of halogens is 1. The molecule has 1 aliphatic rings. The molecule has 0 bridgehead atoms. The first-order valence-corrected chi connectivity index (χ1v) is 6.67. The van der Waals surface area contributed by atoms with E-state index in [0.717, 1.165) is 11.1 Å². The van der Waals surface area contributed by atoms with Gasteiger partial charge in [0.15, 0.2) is 0 Å². The molecule has 0 spiro atoms. The molecule has 0 radical (unpaired) electrons. The van der Waals surface area contributed by atoms with Gasteiger partial charge in [0.2, 0.25) is 0 Å². The van der Waals surface area contributed by atoms with E-state index in [0.29, 0.717) is 24.3 Å². The van der Waals surface area contributed by atoms with Gasteiger partial charge in [-0.15, -0.1) is 0 Å². The average Bonchev–Trinajstić information content (AvgIpc) is 2.96. The fraction of sp³-hybridized carbons (Fsp3) is 0.188. The van der Waals surface area contributed by atoms with Crippen LogP contribution in [0, 0.1) is 5.82 Å². The fourth-order valence-corrected chi connectivity index (χ4v) is 2.29. The summed E-state index contributed by atoms with van der Waals surface area (Å²) in [5.41, 5.74) is 8.85. The van der Waals surface area contributed by atoms with E-state index in [-0.39, 0.29) is 18.1 Å². The summed E-state index contributed by atoms with van der Waals surface area (Å²) in [6, 6.07) is 9.90. The molecule has 1 heterocycles. The van der Waals surface area contributed by atoms with Gasteiger partial charge in [-0.25, -0.2) is 4.39 Å². The highest BCUT2D eigenvalue weighted by Gasteiger charge is 2.15. The van der Waals surface area contributed by atoms with Crippen molar-refractivity contribution in [3.05, 3.63) is 64.5 Å². The van der Waals surface area contributed by atoms with E-state index in [1.54, 1.807) is 18.2 Å². The van der Waals surface area contributed by atoms with E-state index in [2.05, 4.69) is 5.32 Å². The molecule has 21 heavy (non-hydrogen) atoms. The first-order valence-electron chi connectivity index (χ1n) is 6.67. The molecular formula is C16H15FN2O2. The molecule has 5 heteroatoms. The van der Waals surface area contributed by atoms with Crippen molar-refractivity contribution in [2.75, 3.05) is 5.32 Å². The highest BCUT2D eigenvalue weighted by Crippen LogP contribution is 2.22. The second kappa shape index (κ2) is 5.63. The van der Waals surface area contributed by atoms with E-state index < -0.39 is 5.82 Å². The lowest BCUT2D eigenvalue weighted by molar-refractivity contribution is 0.102. The number of fused-ring (bicyclic) bond motifs is 1. The zero-order chi connectivity index (χ0) is 14.8. The molecule has 3 rings (SSSR count). The number of benzene rings is 2. The van der Waals surface area contributed by atoms with Crippen molar-refractivity contribution in [2.24, 2.45) is 5.73 Å². The molecule has 1 aliphatic heterocycles. The van der Waals surface area contributed by atoms with Crippen LogP contribution in [0.5, 0.6) is 0 Å². The van der Waals surface area contributed by atoms with Crippen LogP contribution in [0.4, 0.5) is 10.1 Å². The van der Waals surface area contributed by atoms with Gasteiger partial charge in [-0.3, -0.25) is 4.79 Å². The van der Waals surface area contributed by atoms with Gasteiger partial charge in [-0.2, -0.15) is 0 Å². The Bertz CT molecular complexity index is 701. The molecule has 0 aromatic heterocycles. The van der Waals surface area contributed by atoms with Crippen molar-refractivity contribution in [2.45, 2.75) is 19.8 Å². The Morgan fingerprint density at radius 1 is 1.19 bits per heavy atom. The first-order chi connectivity index (χ1) is 10.2. The molecule has 0 aliphatic carbocycles. The average molecular weight is 286 g/mol. The zero-order valence-corrected chi connectivity index (χ0v) is 11.4. The highest BCUT2D eigenvalue weighted by molar-refractivity contribution is 6.04.